The smallest absolute Gasteiger partial charge is 0.353 e. The number of β-lactam (4-membered cyclic amide) rings is 1. The van der Waals surface area contributed by atoms with Gasteiger partial charge in [0.05, 0.1) is 5.33 Å². The molecule has 2 N–H and O–H groups in total. The van der Waals surface area contributed by atoms with Crippen molar-refractivity contribution in [3.8, 4) is 0 Å². The van der Waals surface area contributed by atoms with Crippen LogP contribution >= 0.6 is 27.7 Å². The van der Waals surface area contributed by atoms with Gasteiger partial charge in [-0.15, -0.1) is 11.8 Å². The van der Waals surface area contributed by atoms with Crippen LogP contribution < -0.4 is 5.32 Å². The molecule has 2 aliphatic rings. The van der Waals surface area contributed by atoms with Crippen LogP contribution in [0.1, 0.15) is 10.4 Å². The van der Waals surface area contributed by atoms with E-state index in [1.807, 2.05) is 0 Å². The lowest BCUT2D eigenvalue weighted by Crippen LogP contribution is -2.80. The van der Waals surface area contributed by atoms with Gasteiger partial charge >= 0.3 is 5.97 Å². The Balaban J connectivity index is 2.00. The second kappa shape index (κ2) is 7.45. The first kappa shape index (κ1) is 19.6. The van der Waals surface area contributed by atoms with E-state index in [-0.39, 0.29) is 22.4 Å². The Bertz CT molecular complexity index is 858. The Morgan fingerprint density at radius 2 is 2.04 bits per heavy atom. The van der Waals surface area contributed by atoms with Crippen molar-refractivity contribution in [3.05, 3.63) is 47.2 Å². The highest BCUT2D eigenvalue weighted by molar-refractivity contribution is 9.09. The second-order valence-electron chi connectivity index (χ2n) is 5.79. The van der Waals surface area contributed by atoms with Crippen molar-refractivity contribution in [1.29, 1.82) is 0 Å². The number of ether oxygens (including phenoxy) is 1. The number of hydrogen-bond donors (Lipinski definition) is 2. The fourth-order valence-corrected chi connectivity index (χ4v) is 4.63. The number of carbonyl (C=O) groups excluding carboxylic acids is 3. The maximum Gasteiger partial charge on any atom is 0.353 e. The van der Waals surface area contributed by atoms with Gasteiger partial charge in [0.25, 0.3) is 11.6 Å². The van der Waals surface area contributed by atoms with E-state index in [2.05, 4.69) is 21.2 Å². The summed E-state index contributed by atoms with van der Waals surface area (Å²) in [6, 6.07) is 8.26. The maximum atomic E-state index is 12.8. The Kier molecular flexibility index (Phi) is 5.41. The number of alkyl halides is 1. The fraction of sp³-hybridized carbons (Fsp3) is 0.294. The SMILES string of the molecule is COC1(NC(=O)CBr)C(=O)N2C(C(=O)O)=C(C(=O)c3ccccc3)CS[C@@H]21. The highest BCUT2D eigenvalue weighted by atomic mass is 79.9. The fourth-order valence-electron chi connectivity index (χ4n) is 3.06. The molecular formula is C17H15BrN2O6S. The molecule has 142 valence electrons. The lowest BCUT2D eigenvalue weighted by atomic mass is 9.95. The Labute approximate surface area is 167 Å². The number of Topliss-reactive ketones (excluding diaryl/α,β-unsaturated/α-hetero) is 1. The predicted octanol–water partition coefficient (Wildman–Crippen LogP) is 0.977. The van der Waals surface area contributed by atoms with Crippen LogP contribution in [0.5, 0.6) is 0 Å². The average Bonchev–Trinajstić information content (AvgIpc) is 2.70. The molecule has 27 heavy (non-hydrogen) atoms. The number of aliphatic carboxylic acids is 1. The number of halogens is 1. The number of carboxylic acids is 1. The summed E-state index contributed by atoms with van der Waals surface area (Å²) in [6.07, 6.45) is 0. The van der Waals surface area contributed by atoms with Crippen molar-refractivity contribution in [1.82, 2.24) is 10.2 Å². The topological polar surface area (TPSA) is 113 Å². The Morgan fingerprint density at radius 1 is 1.37 bits per heavy atom. The molecule has 10 heteroatoms. The number of carbonyl (C=O) groups is 4. The number of rotatable bonds is 6. The van der Waals surface area contributed by atoms with Crippen molar-refractivity contribution >= 4 is 51.3 Å². The molecule has 1 aromatic rings. The molecule has 2 amide bonds. The quantitative estimate of drug-likeness (QED) is 0.285. The van der Waals surface area contributed by atoms with Crippen molar-refractivity contribution in [2.75, 3.05) is 18.2 Å². The molecular weight excluding hydrogens is 440 g/mol. The van der Waals surface area contributed by atoms with Gasteiger partial charge < -0.3 is 15.2 Å². The molecule has 1 aromatic carbocycles. The molecule has 1 saturated heterocycles. The molecule has 0 radical (unpaired) electrons. The van der Waals surface area contributed by atoms with E-state index in [9.17, 15) is 24.3 Å². The number of fused-ring (bicyclic) bond motifs is 1. The maximum absolute atomic E-state index is 12.8. The van der Waals surface area contributed by atoms with E-state index in [1.165, 1.54) is 7.11 Å². The van der Waals surface area contributed by atoms with Crippen molar-refractivity contribution in [2.24, 2.45) is 0 Å². The van der Waals surface area contributed by atoms with Crippen LogP contribution in [-0.2, 0) is 19.1 Å². The van der Waals surface area contributed by atoms with Gasteiger partial charge in [-0.05, 0) is 0 Å². The minimum atomic E-state index is -1.66. The van der Waals surface area contributed by atoms with Gasteiger partial charge in [0.1, 0.15) is 11.1 Å². The lowest BCUT2D eigenvalue weighted by molar-refractivity contribution is -0.192. The molecule has 0 spiro atoms. The monoisotopic (exact) mass is 454 g/mol. The number of carboxylic acid groups (broad SMARTS) is 1. The number of amides is 2. The van der Waals surface area contributed by atoms with Crippen LogP contribution in [0, 0.1) is 0 Å². The molecule has 0 saturated carbocycles. The zero-order chi connectivity index (χ0) is 19.8. The molecule has 8 nitrogen and oxygen atoms in total. The standard InChI is InChI=1S/C17H15BrN2O6S/c1-26-17(19-11(21)7-18)15(25)20-12(14(23)24)10(8-27-16(17)20)13(22)9-5-3-2-4-6-9/h2-6,16H,7-8H2,1H3,(H,19,21)(H,23,24)/t16-,17?/m1/s1. The van der Waals surface area contributed by atoms with Crippen LogP contribution in [0.4, 0.5) is 0 Å². The third-order valence-corrected chi connectivity index (χ3v) is 6.14. The molecule has 2 aliphatic heterocycles. The van der Waals surface area contributed by atoms with E-state index in [0.717, 1.165) is 16.7 Å². The summed E-state index contributed by atoms with van der Waals surface area (Å²) >= 11 is 4.16. The van der Waals surface area contributed by atoms with Gasteiger partial charge in [-0.1, -0.05) is 46.3 Å². The second-order valence-corrected chi connectivity index (χ2v) is 7.42. The van der Waals surface area contributed by atoms with Gasteiger partial charge in [0.2, 0.25) is 5.91 Å². The molecule has 1 unspecified atom stereocenters. The average molecular weight is 455 g/mol. The molecule has 0 aliphatic carbocycles. The summed E-state index contributed by atoms with van der Waals surface area (Å²) in [6.45, 7) is 0. The molecule has 2 heterocycles. The number of thioether (sulfide) groups is 1. The first-order valence-corrected chi connectivity index (χ1v) is 9.98. The minimum absolute atomic E-state index is 0.0276. The Morgan fingerprint density at radius 3 is 2.59 bits per heavy atom. The van der Waals surface area contributed by atoms with Crippen LogP contribution in [0.2, 0.25) is 0 Å². The highest BCUT2D eigenvalue weighted by Gasteiger charge is 2.66. The number of nitrogens with zero attached hydrogens (tertiary/aromatic N) is 1. The summed E-state index contributed by atoms with van der Waals surface area (Å²) in [5.74, 6) is -2.97. The van der Waals surface area contributed by atoms with Gasteiger partial charge in [0.15, 0.2) is 5.78 Å². The predicted molar refractivity (Wildman–Crippen MR) is 100 cm³/mol. The molecule has 0 bridgehead atoms. The van der Waals surface area contributed by atoms with Crippen molar-refractivity contribution in [3.63, 3.8) is 0 Å². The first-order valence-electron chi connectivity index (χ1n) is 7.81. The third-order valence-electron chi connectivity index (χ3n) is 4.31. The number of methoxy groups -OCH3 is 1. The molecule has 1 fully saturated rings. The van der Waals surface area contributed by atoms with Crippen LogP contribution in [0.25, 0.3) is 0 Å². The van der Waals surface area contributed by atoms with E-state index >= 15 is 0 Å². The van der Waals surface area contributed by atoms with Gasteiger partial charge in [-0.3, -0.25) is 19.3 Å². The van der Waals surface area contributed by atoms with Crippen molar-refractivity contribution < 1.29 is 29.0 Å². The van der Waals surface area contributed by atoms with Gasteiger partial charge in [-0.2, -0.15) is 0 Å². The molecule has 3 rings (SSSR count). The zero-order valence-electron chi connectivity index (χ0n) is 14.1. The zero-order valence-corrected chi connectivity index (χ0v) is 16.5. The van der Waals surface area contributed by atoms with E-state index in [1.54, 1.807) is 30.3 Å². The summed E-state index contributed by atoms with van der Waals surface area (Å²) in [7, 11) is 1.26. The first-order chi connectivity index (χ1) is 12.9. The third kappa shape index (κ3) is 3.07. The largest absolute Gasteiger partial charge is 0.477 e. The molecule has 0 aromatic heterocycles. The number of hydrogen-bond acceptors (Lipinski definition) is 6. The summed E-state index contributed by atoms with van der Waals surface area (Å²) in [5, 5.41) is 11.3. The van der Waals surface area contributed by atoms with Crippen LogP contribution in [-0.4, -0.2) is 62.9 Å². The summed E-state index contributed by atoms with van der Waals surface area (Å²) in [5.41, 5.74) is -1.67. The van der Waals surface area contributed by atoms with E-state index < -0.39 is 34.7 Å². The van der Waals surface area contributed by atoms with Crippen molar-refractivity contribution in [2.45, 2.75) is 11.1 Å². The van der Waals surface area contributed by atoms with E-state index in [0.29, 0.717) is 5.56 Å². The number of nitrogens with one attached hydrogen (secondary N) is 1. The van der Waals surface area contributed by atoms with Crippen LogP contribution in [0.15, 0.2) is 41.6 Å². The highest BCUT2D eigenvalue weighted by Crippen LogP contribution is 2.47. The number of ketones is 1. The minimum Gasteiger partial charge on any atom is -0.477 e. The van der Waals surface area contributed by atoms with E-state index in [4.69, 9.17) is 4.74 Å². The summed E-state index contributed by atoms with van der Waals surface area (Å²) < 4.78 is 5.27. The Hall–Kier alpha value is -2.17. The van der Waals surface area contributed by atoms with Crippen LogP contribution in [0.3, 0.4) is 0 Å². The normalized spacial score (nSPS) is 24.1. The summed E-state index contributed by atoms with van der Waals surface area (Å²) in [4.78, 5) is 50.2. The van der Waals surface area contributed by atoms with Gasteiger partial charge in [-0.25, -0.2) is 4.79 Å². The lowest BCUT2D eigenvalue weighted by Gasteiger charge is -2.55. The molecule has 2 atom stereocenters. The van der Waals surface area contributed by atoms with Gasteiger partial charge in [0, 0.05) is 24.0 Å². The number of benzene rings is 1.